The molecule has 0 aliphatic rings. The molecule has 0 unspecified atom stereocenters. The predicted molar refractivity (Wildman–Crippen MR) is 69.3 cm³/mol. The Kier molecular flexibility index (Phi) is 3.74. The van der Waals surface area contributed by atoms with E-state index >= 15 is 0 Å². The second kappa shape index (κ2) is 5.16. The molecule has 7 nitrogen and oxygen atoms in total. The standard InChI is InChI=1S/C10H11ClN4O3S/c1-15(6-9-12-2-3-13-9)19(17,18)7-4-8(11)10(16)14-5-7/h2-5H,6H2,1H3,(H,12,13)(H,14,16). The number of hydrogen-bond acceptors (Lipinski definition) is 4. The molecule has 0 amide bonds. The van der Waals surface area contributed by atoms with E-state index in [0.717, 1.165) is 16.6 Å². The van der Waals surface area contributed by atoms with Gasteiger partial charge in [-0.25, -0.2) is 13.4 Å². The third-order valence-corrected chi connectivity index (χ3v) is 4.53. The largest absolute Gasteiger partial charge is 0.347 e. The van der Waals surface area contributed by atoms with Crippen molar-refractivity contribution in [2.24, 2.45) is 0 Å². The van der Waals surface area contributed by atoms with Crippen LogP contribution in [0.3, 0.4) is 0 Å². The highest BCUT2D eigenvalue weighted by atomic mass is 35.5. The van der Waals surface area contributed by atoms with E-state index in [-0.39, 0.29) is 16.5 Å². The molecule has 0 aliphatic heterocycles. The van der Waals surface area contributed by atoms with Crippen molar-refractivity contribution in [1.82, 2.24) is 19.3 Å². The van der Waals surface area contributed by atoms with Crippen LogP contribution in [0, 0.1) is 0 Å². The van der Waals surface area contributed by atoms with Crippen LogP contribution in [0.1, 0.15) is 5.82 Å². The number of hydrogen-bond donors (Lipinski definition) is 2. The van der Waals surface area contributed by atoms with Crippen LogP contribution < -0.4 is 5.56 Å². The van der Waals surface area contributed by atoms with Gasteiger partial charge in [0.2, 0.25) is 10.0 Å². The molecule has 0 fully saturated rings. The number of aromatic nitrogens is 3. The van der Waals surface area contributed by atoms with Gasteiger partial charge in [0.1, 0.15) is 10.8 Å². The van der Waals surface area contributed by atoms with Gasteiger partial charge < -0.3 is 9.97 Å². The second-order valence-electron chi connectivity index (χ2n) is 3.81. The average Bonchev–Trinajstić information content (AvgIpc) is 2.85. The number of aromatic amines is 2. The zero-order valence-electron chi connectivity index (χ0n) is 9.92. The summed E-state index contributed by atoms with van der Waals surface area (Å²) >= 11 is 5.62. The molecule has 0 saturated carbocycles. The molecule has 2 heterocycles. The number of sulfonamides is 1. The fourth-order valence-corrected chi connectivity index (χ4v) is 2.81. The summed E-state index contributed by atoms with van der Waals surface area (Å²) in [6.45, 7) is 0.0894. The summed E-state index contributed by atoms with van der Waals surface area (Å²) in [7, 11) is -2.32. The Labute approximate surface area is 114 Å². The monoisotopic (exact) mass is 302 g/mol. The van der Waals surface area contributed by atoms with E-state index in [4.69, 9.17) is 11.6 Å². The number of pyridine rings is 1. The highest BCUT2D eigenvalue weighted by Gasteiger charge is 2.22. The van der Waals surface area contributed by atoms with E-state index in [9.17, 15) is 13.2 Å². The van der Waals surface area contributed by atoms with Crippen LogP contribution in [0.15, 0.2) is 34.3 Å². The van der Waals surface area contributed by atoms with Crippen LogP contribution >= 0.6 is 11.6 Å². The molecule has 0 aliphatic carbocycles. The van der Waals surface area contributed by atoms with Gasteiger partial charge in [0.05, 0.1) is 11.4 Å². The molecule has 2 aromatic rings. The molecular weight excluding hydrogens is 292 g/mol. The molecule has 102 valence electrons. The Balaban J connectivity index is 2.31. The lowest BCUT2D eigenvalue weighted by molar-refractivity contribution is 0.458. The minimum Gasteiger partial charge on any atom is -0.347 e. The van der Waals surface area contributed by atoms with Crippen molar-refractivity contribution in [1.29, 1.82) is 0 Å². The highest BCUT2D eigenvalue weighted by Crippen LogP contribution is 2.16. The van der Waals surface area contributed by atoms with Crippen molar-refractivity contribution in [3.63, 3.8) is 0 Å². The minimum atomic E-state index is -3.74. The van der Waals surface area contributed by atoms with E-state index in [1.165, 1.54) is 13.2 Å². The Bertz CT molecular complexity index is 723. The number of H-pyrrole nitrogens is 2. The molecule has 2 rings (SSSR count). The third-order valence-electron chi connectivity index (χ3n) is 2.47. The first kappa shape index (κ1) is 13.8. The first-order valence-electron chi connectivity index (χ1n) is 5.24. The van der Waals surface area contributed by atoms with E-state index in [1.54, 1.807) is 6.20 Å². The number of nitrogens with zero attached hydrogens (tertiary/aromatic N) is 2. The molecule has 0 spiro atoms. The van der Waals surface area contributed by atoms with Crippen molar-refractivity contribution in [3.05, 3.63) is 45.9 Å². The van der Waals surface area contributed by atoms with Crippen LogP contribution in [0.25, 0.3) is 0 Å². The van der Waals surface area contributed by atoms with E-state index < -0.39 is 15.6 Å². The van der Waals surface area contributed by atoms with E-state index in [2.05, 4.69) is 15.0 Å². The maximum atomic E-state index is 12.2. The smallest absolute Gasteiger partial charge is 0.266 e. The molecular formula is C10H11ClN4O3S. The maximum absolute atomic E-state index is 12.2. The predicted octanol–water partition coefficient (Wildman–Crippen LogP) is 0.572. The van der Waals surface area contributed by atoms with Gasteiger partial charge in [0, 0.05) is 25.6 Å². The summed E-state index contributed by atoms with van der Waals surface area (Å²) < 4.78 is 25.6. The Hall–Kier alpha value is -1.64. The highest BCUT2D eigenvalue weighted by molar-refractivity contribution is 7.89. The summed E-state index contributed by atoms with van der Waals surface area (Å²) in [6.07, 6.45) is 4.25. The number of rotatable bonds is 4. The number of nitrogens with one attached hydrogen (secondary N) is 2. The van der Waals surface area contributed by atoms with Crippen molar-refractivity contribution in [2.75, 3.05) is 7.05 Å². The van der Waals surface area contributed by atoms with Crippen molar-refractivity contribution < 1.29 is 8.42 Å². The van der Waals surface area contributed by atoms with Crippen LogP contribution in [0.5, 0.6) is 0 Å². The Morgan fingerprint density at radius 2 is 2.16 bits per heavy atom. The summed E-state index contributed by atoms with van der Waals surface area (Å²) in [6, 6.07) is 1.12. The molecule has 19 heavy (non-hydrogen) atoms. The van der Waals surface area contributed by atoms with Gasteiger partial charge in [-0.1, -0.05) is 11.6 Å². The first-order valence-corrected chi connectivity index (χ1v) is 7.06. The fourth-order valence-electron chi connectivity index (χ4n) is 1.45. The normalized spacial score (nSPS) is 11.9. The summed E-state index contributed by atoms with van der Waals surface area (Å²) in [5.74, 6) is 0.515. The maximum Gasteiger partial charge on any atom is 0.266 e. The van der Waals surface area contributed by atoms with Gasteiger partial charge in [-0.3, -0.25) is 4.79 Å². The Morgan fingerprint density at radius 3 is 2.74 bits per heavy atom. The Morgan fingerprint density at radius 1 is 1.42 bits per heavy atom. The lowest BCUT2D eigenvalue weighted by Gasteiger charge is -2.15. The average molecular weight is 303 g/mol. The van der Waals surface area contributed by atoms with Crippen LogP contribution in [0.4, 0.5) is 0 Å². The van der Waals surface area contributed by atoms with Gasteiger partial charge in [-0.2, -0.15) is 4.31 Å². The lowest BCUT2D eigenvalue weighted by Crippen LogP contribution is -2.27. The van der Waals surface area contributed by atoms with Crippen molar-refractivity contribution >= 4 is 21.6 Å². The molecule has 0 radical (unpaired) electrons. The molecule has 2 aromatic heterocycles. The van der Waals surface area contributed by atoms with Gasteiger partial charge in [-0.05, 0) is 6.07 Å². The molecule has 0 aromatic carbocycles. The molecule has 0 atom stereocenters. The second-order valence-corrected chi connectivity index (χ2v) is 6.26. The van der Waals surface area contributed by atoms with Crippen molar-refractivity contribution in [3.8, 4) is 0 Å². The first-order chi connectivity index (χ1) is 8.91. The third kappa shape index (κ3) is 2.86. The van der Waals surface area contributed by atoms with E-state index in [1.807, 2.05) is 0 Å². The summed E-state index contributed by atoms with van der Waals surface area (Å²) in [5.41, 5.74) is -0.533. The van der Waals surface area contributed by atoms with Gasteiger partial charge >= 0.3 is 0 Å². The SMILES string of the molecule is CN(Cc1ncc[nH]1)S(=O)(=O)c1c[nH]c(=O)c(Cl)c1. The molecule has 0 saturated heterocycles. The number of imidazole rings is 1. The van der Waals surface area contributed by atoms with Crippen LogP contribution in [-0.2, 0) is 16.6 Å². The zero-order valence-corrected chi connectivity index (χ0v) is 11.5. The minimum absolute atomic E-state index is 0.0776. The molecule has 2 N–H and O–H groups in total. The quantitative estimate of drug-likeness (QED) is 0.862. The van der Waals surface area contributed by atoms with Gasteiger partial charge in [0.25, 0.3) is 5.56 Å². The van der Waals surface area contributed by atoms with Crippen LogP contribution in [0.2, 0.25) is 5.02 Å². The molecule has 0 bridgehead atoms. The van der Waals surface area contributed by atoms with Crippen molar-refractivity contribution in [2.45, 2.75) is 11.4 Å². The van der Waals surface area contributed by atoms with Gasteiger partial charge in [-0.15, -0.1) is 0 Å². The fraction of sp³-hybridized carbons (Fsp3) is 0.200. The summed E-state index contributed by atoms with van der Waals surface area (Å²) in [5, 5.41) is -0.174. The van der Waals surface area contributed by atoms with E-state index in [0.29, 0.717) is 5.82 Å². The molecule has 9 heteroatoms. The zero-order chi connectivity index (χ0) is 14.0. The lowest BCUT2D eigenvalue weighted by atomic mass is 10.5. The topological polar surface area (TPSA) is 98.9 Å². The summed E-state index contributed by atoms with van der Waals surface area (Å²) in [4.78, 5) is 20.1. The van der Waals surface area contributed by atoms with Gasteiger partial charge in [0.15, 0.2) is 0 Å². The van der Waals surface area contributed by atoms with Crippen LogP contribution in [-0.4, -0.2) is 34.7 Å². The number of halogens is 1.